The second kappa shape index (κ2) is 5.83. The molecule has 0 saturated heterocycles. The molecule has 2 atom stereocenters. The number of hydrogen-bond acceptors (Lipinski definition) is 3. The lowest BCUT2D eigenvalue weighted by molar-refractivity contribution is 0.174. The lowest BCUT2D eigenvalue weighted by Crippen LogP contribution is -2.38. The smallest absolute Gasteiger partial charge is 0.146 e. The molecule has 2 unspecified atom stereocenters. The highest BCUT2D eigenvalue weighted by molar-refractivity contribution is 5.84. The normalized spacial score (nSPS) is 14.4. The Labute approximate surface area is 108 Å². The van der Waals surface area contributed by atoms with Crippen LogP contribution in [0.3, 0.4) is 0 Å². The minimum atomic E-state index is 0.118. The first-order chi connectivity index (χ1) is 8.76. The van der Waals surface area contributed by atoms with E-state index < -0.39 is 0 Å². The average molecular weight is 244 g/mol. The molecule has 0 aliphatic carbocycles. The van der Waals surface area contributed by atoms with Crippen molar-refractivity contribution in [1.29, 1.82) is 0 Å². The fraction of sp³-hybridized carbons (Fsp3) is 0.400. The minimum absolute atomic E-state index is 0.118. The Morgan fingerprint density at radius 3 is 2.78 bits per heavy atom. The largest absolute Gasteiger partial charge is 0.487 e. The fourth-order valence-electron chi connectivity index (χ4n) is 2.22. The fourth-order valence-corrected chi connectivity index (χ4v) is 2.22. The van der Waals surface area contributed by atoms with E-state index in [0.717, 1.165) is 23.1 Å². The van der Waals surface area contributed by atoms with E-state index in [2.05, 4.69) is 36.3 Å². The van der Waals surface area contributed by atoms with E-state index in [1.807, 2.05) is 25.2 Å². The standard InChI is InChI=1S/C15H20N2O/c1-4-13(16-3)11(2)18-14-9-5-7-12-8-6-10-17-15(12)14/h5-11,13,16H,4H2,1-3H3. The summed E-state index contributed by atoms with van der Waals surface area (Å²) in [5.41, 5.74) is 0.929. The zero-order chi connectivity index (χ0) is 13.0. The Bertz CT molecular complexity index is 503. The molecule has 0 fully saturated rings. The van der Waals surface area contributed by atoms with Crippen LogP contribution in [0.15, 0.2) is 36.5 Å². The van der Waals surface area contributed by atoms with Gasteiger partial charge in [0.1, 0.15) is 17.4 Å². The van der Waals surface area contributed by atoms with Crippen LogP contribution in [0, 0.1) is 0 Å². The van der Waals surface area contributed by atoms with Gasteiger partial charge >= 0.3 is 0 Å². The molecule has 3 heteroatoms. The second-order valence-electron chi connectivity index (χ2n) is 4.46. The van der Waals surface area contributed by atoms with Crippen LogP contribution in [0.4, 0.5) is 0 Å². The highest BCUT2D eigenvalue weighted by atomic mass is 16.5. The molecular formula is C15H20N2O. The predicted octanol–water partition coefficient (Wildman–Crippen LogP) is 3.00. The van der Waals surface area contributed by atoms with Crippen LogP contribution in [0.25, 0.3) is 10.9 Å². The van der Waals surface area contributed by atoms with Crippen molar-refractivity contribution in [3.05, 3.63) is 36.5 Å². The van der Waals surface area contributed by atoms with Crippen molar-refractivity contribution in [1.82, 2.24) is 10.3 Å². The molecule has 2 aromatic rings. The van der Waals surface area contributed by atoms with Crippen LogP contribution >= 0.6 is 0 Å². The summed E-state index contributed by atoms with van der Waals surface area (Å²) < 4.78 is 6.05. The molecule has 0 aliphatic heterocycles. The molecule has 0 bridgehead atoms. The van der Waals surface area contributed by atoms with Gasteiger partial charge in [0.05, 0.1) is 0 Å². The first-order valence-electron chi connectivity index (χ1n) is 6.44. The number of ether oxygens (including phenoxy) is 1. The molecule has 1 heterocycles. The molecule has 1 aromatic carbocycles. The molecule has 0 aliphatic rings. The summed E-state index contributed by atoms with van der Waals surface area (Å²) in [4.78, 5) is 4.40. The van der Waals surface area contributed by atoms with E-state index in [9.17, 15) is 0 Å². The summed E-state index contributed by atoms with van der Waals surface area (Å²) >= 11 is 0. The van der Waals surface area contributed by atoms with Gasteiger partial charge < -0.3 is 10.1 Å². The maximum atomic E-state index is 6.05. The molecule has 96 valence electrons. The molecule has 1 aromatic heterocycles. The van der Waals surface area contributed by atoms with Gasteiger partial charge in [-0.1, -0.05) is 25.1 Å². The highest BCUT2D eigenvalue weighted by Crippen LogP contribution is 2.24. The van der Waals surface area contributed by atoms with Crippen molar-refractivity contribution in [3.63, 3.8) is 0 Å². The minimum Gasteiger partial charge on any atom is -0.487 e. The van der Waals surface area contributed by atoms with Crippen molar-refractivity contribution in [2.75, 3.05) is 7.05 Å². The predicted molar refractivity (Wildman–Crippen MR) is 75.0 cm³/mol. The summed E-state index contributed by atoms with van der Waals surface area (Å²) in [6, 6.07) is 10.4. The summed E-state index contributed by atoms with van der Waals surface area (Å²) in [5, 5.41) is 4.39. The Morgan fingerprint density at radius 1 is 1.28 bits per heavy atom. The van der Waals surface area contributed by atoms with Crippen LogP contribution in [0.5, 0.6) is 5.75 Å². The van der Waals surface area contributed by atoms with Gasteiger partial charge in [0.25, 0.3) is 0 Å². The SMILES string of the molecule is CCC(NC)C(C)Oc1cccc2cccnc12. The zero-order valence-corrected chi connectivity index (χ0v) is 11.2. The van der Waals surface area contributed by atoms with Crippen LogP contribution in [-0.2, 0) is 0 Å². The molecule has 2 rings (SSSR count). The Balaban J connectivity index is 2.26. The lowest BCUT2D eigenvalue weighted by Gasteiger charge is -2.23. The van der Waals surface area contributed by atoms with Crippen LogP contribution in [0.1, 0.15) is 20.3 Å². The van der Waals surface area contributed by atoms with Crippen LogP contribution < -0.4 is 10.1 Å². The number of nitrogens with one attached hydrogen (secondary N) is 1. The molecule has 0 spiro atoms. The number of aromatic nitrogens is 1. The van der Waals surface area contributed by atoms with Gasteiger partial charge in [0, 0.05) is 17.6 Å². The van der Waals surface area contributed by atoms with Gasteiger partial charge in [0.15, 0.2) is 0 Å². The van der Waals surface area contributed by atoms with Gasteiger partial charge in [-0.25, -0.2) is 0 Å². The molecular weight excluding hydrogens is 224 g/mol. The number of likely N-dealkylation sites (N-methyl/N-ethyl adjacent to an activating group) is 1. The molecule has 0 radical (unpaired) electrons. The topological polar surface area (TPSA) is 34.1 Å². The van der Waals surface area contributed by atoms with Crippen molar-refractivity contribution >= 4 is 10.9 Å². The number of rotatable bonds is 5. The van der Waals surface area contributed by atoms with E-state index in [-0.39, 0.29) is 6.10 Å². The van der Waals surface area contributed by atoms with Crippen LogP contribution in [-0.4, -0.2) is 24.2 Å². The quantitative estimate of drug-likeness (QED) is 0.878. The Morgan fingerprint density at radius 2 is 2.06 bits per heavy atom. The third-order valence-corrected chi connectivity index (χ3v) is 3.29. The number of nitrogens with zero attached hydrogens (tertiary/aromatic N) is 1. The highest BCUT2D eigenvalue weighted by Gasteiger charge is 2.16. The van der Waals surface area contributed by atoms with E-state index >= 15 is 0 Å². The molecule has 18 heavy (non-hydrogen) atoms. The van der Waals surface area contributed by atoms with E-state index in [1.165, 1.54) is 0 Å². The van der Waals surface area contributed by atoms with Gasteiger partial charge in [-0.2, -0.15) is 0 Å². The molecule has 3 nitrogen and oxygen atoms in total. The lowest BCUT2D eigenvalue weighted by atomic mass is 10.1. The van der Waals surface area contributed by atoms with Gasteiger partial charge in [0.2, 0.25) is 0 Å². The summed E-state index contributed by atoms with van der Waals surface area (Å²) in [6.45, 7) is 4.24. The molecule has 1 N–H and O–H groups in total. The maximum Gasteiger partial charge on any atom is 0.146 e. The number of fused-ring (bicyclic) bond motifs is 1. The van der Waals surface area contributed by atoms with E-state index in [1.54, 1.807) is 6.20 Å². The van der Waals surface area contributed by atoms with Crippen LogP contribution in [0.2, 0.25) is 0 Å². The maximum absolute atomic E-state index is 6.05. The van der Waals surface area contributed by atoms with E-state index in [4.69, 9.17) is 4.74 Å². The monoisotopic (exact) mass is 244 g/mol. The number of para-hydroxylation sites is 1. The first-order valence-corrected chi connectivity index (χ1v) is 6.44. The molecule has 0 amide bonds. The van der Waals surface area contributed by atoms with Crippen molar-refractivity contribution in [3.8, 4) is 5.75 Å². The van der Waals surface area contributed by atoms with E-state index in [0.29, 0.717) is 6.04 Å². The summed E-state index contributed by atoms with van der Waals surface area (Å²) in [7, 11) is 1.97. The van der Waals surface area contributed by atoms with Gasteiger partial charge in [-0.3, -0.25) is 4.98 Å². The third-order valence-electron chi connectivity index (χ3n) is 3.29. The number of benzene rings is 1. The first kappa shape index (κ1) is 12.8. The number of hydrogen-bond donors (Lipinski definition) is 1. The van der Waals surface area contributed by atoms with Gasteiger partial charge in [-0.15, -0.1) is 0 Å². The second-order valence-corrected chi connectivity index (χ2v) is 4.46. The average Bonchev–Trinajstić information content (AvgIpc) is 2.40. The summed E-state index contributed by atoms with van der Waals surface area (Å²) in [5.74, 6) is 0.856. The van der Waals surface area contributed by atoms with Crippen molar-refractivity contribution in [2.45, 2.75) is 32.4 Å². The Hall–Kier alpha value is -1.61. The third kappa shape index (κ3) is 2.62. The Kier molecular flexibility index (Phi) is 4.15. The number of pyridine rings is 1. The zero-order valence-electron chi connectivity index (χ0n) is 11.2. The van der Waals surface area contributed by atoms with Gasteiger partial charge in [-0.05, 0) is 32.5 Å². The van der Waals surface area contributed by atoms with Crippen molar-refractivity contribution in [2.24, 2.45) is 0 Å². The van der Waals surface area contributed by atoms with Crippen molar-refractivity contribution < 1.29 is 4.74 Å². The summed E-state index contributed by atoms with van der Waals surface area (Å²) in [6.07, 6.45) is 2.96. The molecule has 0 saturated carbocycles.